The summed E-state index contributed by atoms with van der Waals surface area (Å²) in [6.45, 7) is 3.48. The number of hydrogen-bond acceptors (Lipinski definition) is 4. The second kappa shape index (κ2) is 9.25. The third kappa shape index (κ3) is 4.58. The van der Waals surface area contributed by atoms with E-state index in [0.717, 1.165) is 11.1 Å². The van der Waals surface area contributed by atoms with Gasteiger partial charge in [0.1, 0.15) is 12.1 Å². The molecule has 33 heavy (non-hydrogen) atoms. The summed E-state index contributed by atoms with van der Waals surface area (Å²) in [5, 5.41) is 14.9. The number of amides is 2. The lowest BCUT2D eigenvalue weighted by Crippen LogP contribution is -2.53. The zero-order valence-corrected chi connectivity index (χ0v) is 19.0. The quantitative estimate of drug-likeness (QED) is 0.590. The van der Waals surface area contributed by atoms with Gasteiger partial charge in [-0.3, -0.25) is 4.79 Å². The van der Waals surface area contributed by atoms with Crippen LogP contribution in [0, 0.1) is 5.92 Å². The van der Waals surface area contributed by atoms with Crippen molar-refractivity contribution in [2.45, 2.75) is 57.0 Å². The fourth-order valence-electron chi connectivity index (χ4n) is 4.82. The molecule has 1 unspecified atom stereocenters. The van der Waals surface area contributed by atoms with Crippen LogP contribution < -0.4 is 10.6 Å². The van der Waals surface area contributed by atoms with E-state index in [4.69, 9.17) is 4.74 Å². The molecule has 2 aromatic carbocycles. The van der Waals surface area contributed by atoms with Gasteiger partial charge in [0.15, 0.2) is 0 Å². The molecule has 2 aromatic rings. The van der Waals surface area contributed by atoms with Crippen LogP contribution in [-0.4, -0.2) is 41.3 Å². The maximum Gasteiger partial charge on any atom is 0.407 e. The van der Waals surface area contributed by atoms with Crippen molar-refractivity contribution in [3.63, 3.8) is 0 Å². The molecule has 1 saturated carbocycles. The number of benzene rings is 2. The lowest BCUT2D eigenvalue weighted by Gasteiger charge is -2.26. The lowest BCUT2D eigenvalue weighted by molar-refractivity contribution is -0.147. The molecule has 0 saturated heterocycles. The fourth-order valence-corrected chi connectivity index (χ4v) is 4.82. The Kier molecular flexibility index (Phi) is 6.40. The van der Waals surface area contributed by atoms with Crippen LogP contribution >= 0.6 is 0 Å². The van der Waals surface area contributed by atoms with Crippen molar-refractivity contribution in [2.24, 2.45) is 5.92 Å². The van der Waals surface area contributed by atoms with Crippen LogP contribution in [0.1, 0.15) is 56.6 Å². The SMILES string of the molecule is CCC(C)(NC(=O)[C@@H]1CC[C@H](NC(=O)OCC2c3ccccc3-c3ccccc32)C1)C(=O)O. The largest absolute Gasteiger partial charge is 0.480 e. The Morgan fingerprint density at radius 3 is 2.21 bits per heavy atom. The van der Waals surface area contributed by atoms with Gasteiger partial charge in [-0.25, -0.2) is 9.59 Å². The van der Waals surface area contributed by atoms with E-state index in [1.54, 1.807) is 6.92 Å². The molecule has 3 atom stereocenters. The molecular weight excluding hydrogens is 420 g/mol. The number of nitrogens with one attached hydrogen (secondary N) is 2. The molecule has 0 bridgehead atoms. The molecule has 7 nitrogen and oxygen atoms in total. The minimum atomic E-state index is -1.28. The van der Waals surface area contributed by atoms with E-state index < -0.39 is 17.6 Å². The fraction of sp³-hybridized carbons (Fsp3) is 0.423. The average molecular weight is 451 g/mol. The van der Waals surface area contributed by atoms with Crippen molar-refractivity contribution >= 4 is 18.0 Å². The van der Waals surface area contributed by atoms with E-state index in [-0.39, 0.29) is 30.4 Å². The number of ether oxygens (including phenoxy) is 1. The van der Waals surface area contributed by atoms with E-state index in [1.807, 2.05) is 24.3 Å². The second-order valence-corrected chi connectivity index (χ2v) is 9.16. The molecule has 7 heteroatoms. The third-order valence-corrected chi connectivity index (χ3v) is 7.05. The van der Waals surface area contributed by atoms with E-state index in [2.05, 4.69) is 34.9 Å². The average Bonchev–Trinajstić information content (AvgIpc) is 3.40. The van der Waals surface area contributed by atoms with Crippen LogP contribution in [0.5, 0.6) is 0 Å². The first-order valence-electron chi connectivity index (χ1n) is 11.5. The van der Waals surface area contributed by atoms with Gasteiger partial charge in [0.2, 0.25) is 5.91 Å². The highest BCUT2D eigenvalue weighted by molar-refractivity contribution is 5.88. The summed E-state index contributed by atoms with van der Waals surface area (Å²) in [7, 11) is 0. The Bertz CT molecular complexity index is 1020. The molecule has 2 amide bonds. The molecule has 1 fully saturated rings. The number of fused-ring (bicyclic) bond motifs is 3. The summed E-state index contributed by atoms with van der Waals surface area (Å²) >= 11 is 0. The highest BCUT2D eigenvalue weighted by Crippen LogP contribution is 2.44. The Balaban J connectivity index is 1.31. The van der Waals surface area contributed by atoms with Gasteiger partial charge in [-0.15, -0.1) is 0 Å². The number of alkyl carbamates (subject to hydrolysis) is 1. The number of carbonyl (C=O) groups is 3. The summed E-state index contributed by atoms with van der Waals surface area (Å²) in [6, 6.07) is 16.2. The van der Waals surface area contributed by atoms with Gasteiger partial charge in [-0.05, 0) is 54.9 Å². The van der Waals surface area contributed by atoms with Crippen LogP contribution in [0.2, 0.25) is 0 Å². The van der Waals surface area contributed by atoms with Gasteiger partial charge < -0.3 is 20.5 Å². The summed E-state index contributed by atoms with van der Waals surface area (Å²) in [5.74, 6) is -1.66. The van der Waals surface area contributed by atoms with Crippen molar-refractivity contribution < 1.29 is 24.2 Å². The standard InChI is InChI=1S/C26H30N2O5/c1-3-26(2,24(30)31)28-23(29)16-12-13-17(14-16)27-25(32)33-15-22-20-10-6-4-8-18(20)19-9-5-7-11-21(19)22/h4-11,16-17,22H,3,12-15H2,1-2H3,(H,27,32)(H,28,29)(H,30,31)/t16-,17+,26?/m1/s1. The number of rotatable bonds is 7. The van der Waals surface area contributed by atoms with Crippen molar-refractivity contribution in [3.05, 3.63) is 59.7 Å². The number of carbonyl (C=O) groups excluding carboxylic acids is 2. The van der Waals surface area contributed by atoms with E-state index in [1.165, 1.54) is 18.1 Å². The van der Waals surface area contributed by atoms with Crippen molar-refractivity contribution in [1.82, 2.24) is 10.6 Å². The zero-order chi connectivity index (χ0) is 23.6. The Morgan fingerprint density at radius 2 is 1.64 bits per heavy atom. The number of carboxylic acid groups (broad SMARTS) is 1. The molecule has 2 aliphatic rings. The molecule has 2 aliphatic carbocycles. The highest BCUT2D eigenvalue weighted by atomic mass is 16.5. The number of hydrogen-bond donors (Lipinski definition) is 3. The van der Waals surface area contributed by atoms with Gasteiger partial charge in [-0.1, -0.05) is 55.5 Å². The normalized spacial score (nSPS) is 20.9. The van der Waals surface area contributed by atoms with Gasteiger partial charge in [0, 0.05) is 17.9 Å². The van der Waals surface area contributed by atoms with Gasteiger partial charge in [0.05, 0.1) is 0 Å². The molecule has 0 aromatic heterocycles. The predicted octanol–water partition coefficient (Wildman–Crippen LogP) is 4.06. The third-order valence-electron chi connectivity index (χ3n) is 7.05. The first-order valence-corrected chi connectivity index (χ1v) is 11.5. The Labute approximate surface area is 193 Å². The summed E-state index contributed by atoms with van der Waals surface area (Å²) in [6.07, 6.45) is 1.52. The zero-order valence-electron chi connectivity index (χ0n) is 19.0. The summed E-state index contributed by atoms with van der Waals surface area (Å²) < 4.78 is 5.60. The molecule has 0 aliphatic heterocycles. The van der Waals surface area contributed by atoms with Gasteiger partial charge in [0.25, 0.3) is 0 Å². The van der Waals surface area contributed by atoms with Crippen molar-refractivity contribution in [1.29, 1.82) is 0 Å². The minimum absolute atomic E-state index is 0.00649. The minimum Gasteiger partial charge on any atom is -0.480 e. The Morgan fingerprint density at radius 1 is 1.03 bits per heavy atom. The summed E-state index contributed by atoms with van der Waals surface area (Å²) in [5.41, 5.74) is 3.37. The van der Waals surface area contributed by atoms with E-state index in [9.17, 15) is 19.5 Å². The smallest absolute Gasteiger partial charge is 0.407 e. The second-order valence-electron chi connectivity index (χ2n) is 9.16. The lowest BCUT2D eigenvalue weighted by atomic mass is 9.97. The first kappa shape index (κ1) is 22.8. The maximum atomic E-state index is 12.6. The summed E-state index contributed by atoms with van der Waals surface area (Å²) in [4.78, 5) is 36.5. The molecule has 0 spiro atoms. The Hall–Kier alpha value is -3.35. The van der Waals surface area contributed by atoms with Crippen molar-refractivity contribution in [2.75, 3.05) is 6.61 Å². The van der Waals surface area contributed by atoms with Crippen LogP contribution in [0.25, 0.3) is 11.1 Å². The monoisotopic (exact) mass is 450 g/mol. The molecule has 0 radical (unpaired) electrons. The van der Waals surface area contributed by atoms with Crippen LogP contribution in [0.3, 0.4) is 0 Å². The van der Waals surface area contributed by atoms with Crippen LogP contribution in [-0.2, 0) is 14.3 Å². The van der Waals surface area contributed by atoms with Crippen molar-refractivity contribution in [3.8, 4) is 11.1 Å². The van der Waals surface area contributed by atoms with Gasteiger partial charge >= 0.3 is 12.1 Å². The first-order chi connectivity index (χ1) is 15.8. The van der Waals surface area contributed by atoms with E-state index >= 15 is 0 Å². The molecule has 3 N–H and O–H groups in total. The molecule has 4 rings (SSSR count). The molecular formula is C26H30N2O5. The molecule has 174 valence electrons. The van der Waals surface area contributed by atoms with Crippen LogP contribution in [0.15, 0.2) is 48.5 Å². The maximum absolute atomic E-state index is 12.6. The predicted molar refractivity (Wildman–Crippen MR) is 124 cm³/mol. The molecule has 0 heterocycles. The highest BCUT2D eigenvalue weighted by Gasteiger charge is 2.38. The van der Waals surface area contributed by atoms with Crippen LogP contribution in [0.4, 0.5) is 4.79 Å². The van der Waals surface area contributed by atoms with Gasteiger partial charge in [-0.2, -0.15) is 0 Å². The topological polar surface area (TPSA) is 105 Å². The number of aliphatic carboxylic acids is 1. The van der Waals surface area contributed by atoms with E-state index in [0.29, 0.717) is 25.7 Å². The number of carboxylic acids is 1.